The molecule has 0 aliphatic carbocycles. The molecule has 0 saturated carbocycles. The van der Waals surface area contributed by atoms with Crippen LogP contribution in [0.2, 0.25) is 0 Å². The predicted octanol–water partition coefficient (Wildman–Crippen LogP) is -0.336. The first kappa shape index (κ1) is 13.5. The van der Waals surface area contributed by atoms with Crippen molar-refractivity contribution >= 4 is 11.9 Å². The number of nitrogens with one attached hydrogen (secondary N) is 3. The minimum absolute atomic E-state index is 0.168. The third kappa shape index (κ3) is 4.06. The van der Waals surface area contributed by atoms with E-state index in [0.717, 1.165) is 19.4 Å². The van der Waals surface area contributed by atoms with Crippen LogP contribution in [0.25, 0.3) is 0 Å². The molecule has 19 heavy (non-hydrogen) atoms. The van der Waals surface area contributed by atoms with Gasteiger partial charge in [0.15, 0.2) is 0 Å². The van der Waals surface area contributed by atoms with Crippen molar-refractivity contribution in [1.29, 1.82) is 0 Å². The standard InChI is InChI=1S/C12H18N4O3/c17-11(5-8-2-1-3-14-8)16-10(12(18)19)4-9-6-13-7-15-9/h6-8,10,14H,1-5H2,(H,13,15)(H,16,17)(H,18,19)/t8?,10-/m0/s1. The second-order valence-corrected chi connectivity index (χ2v) is 4.74. The monoisotopic (exact) mass is 266 g/mol. The number of rotatable bonds is 6. The molecule has 1 aliphatic rings. The molecule has 1 aromatic heterocycles. The summed E-state index contributed by atoms with van der Waals surface area (Å²) in [7, 11) is 0. The summed E-state index contributed by atoms with van der Waals surface area (Å²) >= 11 is 0. The molecule has 2 rings (SSSR count). The highest BCUT2D eigenvalue weighted by Gasteiger charge is 2.23. The second kappa shape index (κ2) is 6.33. The average Bonchev–Trinajstić information content (AvgIpc) is 3.00. The maximum absolute atomic E-state index is 11.8. The average molecular weight is 266 g/mol. The Balaban J connectivity index is 1.85. The van der Waals surface area contributed by atoms with Crippen LogP contribution in [-0.4, -0.2) is 45.6 Å². The van der Waals surface area contributed by atoms with Crippen molar-refractivity contribution in [3.05, 3.63) is 18.2 Å². The van der Waals surface area contributed by atoms with Gasteiger partial charge in [-0.3, -0.25) is 4.79 Å². The Morgan fingerprint density at radius 2 is 2.42 bits per heavy atom. The first-order chi connectivity index (χ1) is 9.15. The Morgan fingerprint density at radius 3 is 3.00 bits per heavy atom. The summed E-state index contributed by atoms with van der Waals surface area (Å²) < 4.78 is 0. The summed E-state index contributed by atoms with van der Waals surface area (Å²) in [6.45, 7) is 0.925. The number of carboxylic acids is 1. The summed E-state index contributed by atoms with van der Waals surface area (Å²) in [4.78, 5) is 29.6. The molecule has 7 heteroatoms. The fourth-order valence-corrected chi connectivity index (χ4v) is 2.22. The number of H-pyrrole nitrogens is 1. The van der Waals surface area contributed by atoms with Crippen LogP contribution in [0, 0.1) is 0 Å². The number of carbonyl (C=O) groups is 2. The lowest BCUT2D eigenvalue weighted by Crippen LogP contribution is -2.44. The number of nitrogens with zero attached hydrogens (tertiary/aromatic N) is 1. The Bertz CT molecular complexity index is 426. The van der Waals surface area contributed by atoms with Gasteiger partial charge < -0.3 is 20.7 Å². The molecule has 1 saturated heterocycles. The third-order valence-corrected chi connectivity index (χ3v) is 3.21. The lowest BCUT2D eigenvalue weighted by molar-refractivity contribution is -0.141. The number of aromatic nitrogens is 2. The molecule has 0 spiro atoms. The normalized spacial score (nSPS) is 20.1. The van der Waals surface area contributed by atoms with E-state index in [1.165, 1.54) is 6.33 Å². The van der Waals surface area contributed by atoms with Crippen molar-refractivity contribution in [1.82, 2.24) is 20.6 Å². The van der Waals surface area contributed by atoms with Gasteiger partial charge in [-0.05, 0) is 19.4 Å². The minimum atomic E-state index is -1.04. The summed E-state index contributed by atoms with van der Waals surface area (Å²) in [6.07, 6.45) is 5.60. The number of imidazole rings is 1. The molecule has 0 radical (unpaired) electrons. The van der Waals surface area contributed by atoms with Gasteiger partial charge in [0.2, 0.25) is 5.91 Å². The Morgan fingerprint density at radius 1 is 1.58 bits per heavy atom. The molecule has 2 atom stereocenters. The van der Waals surface area contributed by atoms with Crippen LogP contribution in [0.4, 0.5) is 0 Å². The van der Waals surface area contributed by atoms with Crippen molar-refractivity contribution in [3.63, 3.8) is 0 Å². The molecular formula is C12H18N4O3. The lowest BCUT2D eigenvalue weighted by atomic mass is 10.1. The van der Waals surface area contributed by atoms with Gasteiger partial charge in [-0.1, -0.05) is 0 Å². The van der Waals surface area contributed by atoms with E-state index in [0.29, 0.717) is 12.1 Å². The summed E-state index contributed by atoms with van der Waals surface area (Å²) in [6, 6.07) is -0.754. The predicted molar refractivity (Wildman–Crippen MR) is 67.5 cm³/mol. The number of hydrogen-bond acceptors (Lipinski definition) is 4. The molecule has 7 nitrogen and oxygen atoms in total. The maximum atomic E-state index is 11.8. The quantitative estimate of drug-likeness (QED) is 0.563. The van der Waals surface area contributed by atoms with Crippen LogP contribution < -0.4 is 10.6 Å². The topological polar surface area (TPSA) is 107 Å². The van der Waals surface area contributed by atoms with Gasteiger partial charge in [0.05, 0.1) is 6.33 Å². The lowest BCUT2D eigenvalue weighted by Gasteiger charge is -2.15. The molecular weight excluding hydrogens is 248 g/mol. The van der Waals surface area contributed by atoms with E-state index in [1.807, 2.05) is 0 Å². The van der Waals surface area contributed by atoms with E-state index in [2.05, 4.69) is 20.6 Å². The van der Waals surface area contributed by atoms with Gasteiger partial charge in [0, 0.05) is 30.8 Å². The first-order valence-electron chi connectivity index (χ1n) is 6.38. The second-order valence-electron chi connectivity index (χ2n) is 4.74. The maximum Gasteiger partial charge on any atom is 0.326 e. The third-order valence-electron chi connectivity index (χ3n) is 3.21. The van der Waals surface area contributed by atoms with E-state index in [9.17, 15) is 9.59 Å². The number of hydrogen-bond donors (Lipinski definition) is 4. The van der Waals surface area contributed by atoms with Crippen LogP contribution in [0.3, 0.4) is 0 Å². The molecule has 1 aliphatic heterocycles. The number of carbonyl (C=O) groups excluding carboxylic acids is 1. The summed E-state index contributed by atoms with van der Waals surface area (Å²) in [5, 5.41) is 14.9. The zero-order valence-corrected chi connectivity index (χ0v) is 10.6. The highest BCUT2D eigenvalue weighted by molar-refractivity contribution is 5.84. The van der Waals surface area contributed by atoms with Crippen molar-refractivity contribution in [3.8, 4) is 0 Å². The van der Waals surface area contributed by atoms with Crippen LogP contribution in [0.5, 0.6) is 0 Å². The van der Waals surface area contributed by atoms with E-state index in [4.69, 9.17) is 5.11 Å². The molecule has 1 unspecified atom stereocenters. The van der Waals surface area contributed by atoms with Crippen molar-refractivity contribution < 1.29 is 14.7 Å². The summed E-state index contributed by atoms with van der Waals surface area (Å²) in [5.74, 6) is -1.27. The molecule has 2 heterocycles. The smallest absolute Gasteiger partial charge is 0.326 e. The van der Waals surface area contributed by atoms with Gasteiger partial charge in [-0.25, -0.2) is 9.78 Å². The Hall–Kier alpha value is -1.89. The number of aliphatic carboxylic acids is 1. The molecule has 104 valence electrons. The first-order valence-corrected chi connectivity index (χ1v) is 6.38. The highest BCUT2D eigenvalue weighted by atomic mass is 16.4. The number of amides is 1. The van der Waals surface area contributed by atoms with E-state index < -0.39 is 12.0 Å². The van der Waals surface area contributed by atoms with Gasteiger partial charge in [0.1, 0.15) is 6.04 Å². The molecule has 1 fully saturated rings. The SMILES string of the molecule is O=C(CC1CCCN1)N[C@@H](Cc1cnc[nH]1)C(=O)O. The molecule has 1 aromatic rings. The number of aromatic amines is 1. The minimum Gasteiger partial charge on any atom is -0.480 e. The van der Waals surface area contributed by atoms with E-state index >= 15 is 0 Å². The molecule has 0 bridgehead atoms. The van der Waals surface area contributed by atoms with Crippen molar-refractivity contribution in [2.24, 2.45) is 0 Å². The largest absolute Gasteiger partial charge is 0.480 e. The van der Waals surface area contributed by atoms with E-state index in [1.54, 1.807) is 6.20 Å². The number of carboxylic acid groups (broad SMARTS) is 1. The van der Waals surface area contributed by atoms with Gasteiger partial charge >= 0.3 is 5.97 Å². The van der Waals surface area contributed by atoms with Crippen LogP contribution in [0.1, 0.15) is 25.0 Å². The highest BCUT2D eigenvalue weighted by Crippen LogP contribution is 2.09. The van der Waals surface area contributed by atoms with Crippen molar-refractivity contribution in [2.45, 2.75) is 37.8 Å². The summed E-state index contributed by atoms with van der Waals surface area (Å²) in [5.41, 5.74) is 0.687. The van der Waals surface area contributed by atoms with Crippen LogP contribution in [0.15, 0.2) is 12.5 Å². The van der Waals surface area contributed by atoms with Crippen molar-refractivity contribution in [2.75, 3.05) is 6.54 Å². The zero-order chi connectivity index (χ0) is 13.7. The zero-order valence-electron chi connectivity index (χ0n) is 10.6. The molecule has 1 amide bonds. The fraction of sp³-hybridized carbons (Fsp3) is 0.583. The Kier molecular flexibility index (Phi) is 4.51. The Labute approximate surface area is 110 Å². The van der Waals surface area contributed by atoms with E-state index in [-0.39, 0.29) is 18.4 Å². The molecule has 0 aromatic carbocycles. The van der Waals surface area contributed by atoms with Gasteiger partial charge in [0.25, 0.3) is 0 Å². The fourth-order valence-electron chi connectivity index (χ4n) is 2.22. The van der Waals surface area contributed by atoms with Crippen LogP contribution >= 0.6 is 0 Å². The molecule has 4 N–H and O–H groups in total. The van der Waals surface area contributed by atoms with Gasteiger partial charge in [-0.15, -0.1) is 0 Å². The van der Waals surface area contributed by atoms with Crippen LogP contribution in [-0.2, 0) is 16.0 Å². The van der Waals surface area contributed by atoms with Gasteiger partial charge in [-0.2, -0.15) is 0 Å².